The number of aryl methyl sites for hydroxylation is 1. The number of anilines is 2. The molecule has 0 aliphatic heterocycles. The van der Waals surface area contributed by atoms with E-state index in [1.165, 1.54) is 17.2 Å². The van der Waals surface area contributed by atoms with Crippen LogP contribution in [0.25, 0.3) is 6.08 Å². The number of hydrogen-bond donors (Lipinski definition) is 1. The van der Waals surface area contributed by atoms with Gasteiger partial charge in [-0.05, 0) is 48.4 Å². The average Bonchev–Trinajstić information content (AvgIpc) is 3.34. The first-order chi connectivity index (χ1) is 15.7. The Kier molecular flexibility index (Phi) is 6.78. The van der Waals surface area contributed by atoms with Crippen LogP contribution in [-0.4, -0.2) is 10.9 Å². The second-order valence-electron chi connectivity index (χ2n) is 7.47. The smallest absolute Gasteiger partial charge is 0.248 e. The van der Waals surface area contributed by atoms with E-state index in [1.54, 1.807) is 24.5 Å². The molecular formula is C27H25N3O2. The summed E-state index contributed by atoms with van der Waals surface area (Å²) >= 11 is 0. The molecule has 0 saturated heterocycles. The number of pyridine rings is 1. The fourth-order valence-corrected chi connectivity index (χ4v) is 3.40. The molecule has 0 spiro atoms. The van der Waals surface area contributed by atoms with Crippen LogP contribution in [0.4, 0.5) is 11.5 Å². The molecule has 0 aliphatic carbocycles. The number of aromatic nitrogens is 1. The van der Waals surface area contributed by atoms with Crippen LogP contribution in [0.5, 0.6) is 0 Å². The number of carbonyl (C=O) groups excluding carboxylic acids is 1. The molecule has 2 aromatic carbocycles. The van der Waals surface area contributed by atoms with Crippen LogP contribution in [0.1, 0.15) is 22.6 Å². The van der Waals surface area contributed by atoms with E-state index in [-0.39, 0.29) is 5.91 Å². The lowest BCUT2D eigenvalue weighted by atomic mass is 10.1. The van der Waals surface area contributed by atoms with Crippen LogP contribution in [-0.2, 0) is 17.9 Å². The predicted molar refractivity (Wildman–Crippen MR) is 128 cm³/mol. The Morgan fingerprint density at radius 1 is 0.906 bits per heavy atom. The molecule has 0 atom stereocenters. The van der Waals surface area contributed by atoms with Crippen molar-refractivity contribution in [2.24, 2.45) is 0 Å². The zero-order chi connectivity index (χ0) is 22.2. The second-order valence-corrected chi connectivity index (χ2v) is 7.47. The minimum absolute atomic E-state index is 0.232. The maximum Gasteiger partial charge on any atom is 0.248 e. The molecule has 1 N–H and O–H groups in total. The van der Waals surface area contributed by atoms with Crippen molar-refractivity contribution < 1.29 is 9.21 Å². The van der Waals surface area contributed by atoms with Crippen LogP contribution in [0.3, 0.4) is 0 Å². The molecule has 0 aliphatic rings. The molecule has 0 radical (unpaired) electrons. The molecule has 0 fully saturated rings. The van der Waals surface area contributed by atoms with Crippen molar-refractivity contribution in [1.82, 2.24) is 4.98 Å². The molecule has 160 valence electrons. The topological polar surface area (TPSA) is 58.4 Å². The van der Waals surface area contributed by atoms with Crippen molar-refractivity contribution >= 4 is 23.5 Å². The Hall–Kier alpha value is -4.12. The van der Waals surface area contributed by atoms with Crippen molar-refractivity contribution in [3.63, 3.8) is 0 Å². The molecule has 4 rings (SSSR count). The Labute approximate surface area is 188 Å². The number of benzene rings is 2. The van der Waals surface area contributed by atoms with Crippen LogP contribution >= 0.6 is 0 Å². The molecule has 4 aromatic rings. The fourth-order valence-electron chi connectivity index (χ4n) is 3.40. The molecular weight excluding hydrogens is 398 g/mol. The summed E-state index contributed by atoms with van der Waals surface area (Å²) in [4.78, 5) is 19.3. The van der Waals surface area contributed by atoms with Gasteiger partial charge in [-0.3, -0.25) is 4.79 Å². The molecule has 0 bridgehead atoms. The SMILES string of the molecule is Cc1nc(N(Cc2ccccc2)Cc2ccccc2)ccc1NC(=O)/C=C/c1ccco1. The zero-order valence-corrected chi connectivity index (χ0v) is 17.9. The van der Waals surface area contributed by atoms with Crippen molar-refractivity contribution in [1.29, 1.82) is 0 Å². The van der Waals surface area contributed by atoms with Crippen molar-refractivity contribution in [3.05, 3.63) is 120 Å². The molecule has 2 aromatic heterocycles. The summed E-state index contributed by atoms with van der Waals surface area (Å²) < 4.78 is 5.21. The Morgan fingerprint density at radius 2 is 1.56 bits per heavy atom. The minimum atomic E-state index is -0.232. The van der Waals surface area contributed by atoms with Gasteiger partial charge in [0.1, 0.15) is 11.6 Å². The third-order valence-electron chi connectivity index (χ3n) is 5.03. The fraction of sp³-hybridized carbons (Fsp3) is 0.111. The Balaban J connectivity index is 1.52. The van der Waals surface area contributed by atoms with Crippen molar-refractivity contribution in [3.8, 4) is 0 Å². The highest BCUT2D eigenvalue weighted by molar-refractivity contribution is 6.02. The van der Waals surface area contributed by atoms with E-state index in [4.69, 9.17) is 9.40 Å². The molecule has 32 heavy (non-hydrogen) atoms. The van der Waals surface area contributed by atoms with Gasteiger partial charge < -0.3 is 14.6 Å². The van der Waals surface area contributed by atoms with E-state index in [9.17, 15) is 4.79 Å². The van der Waals surface area contributed by atoms with E-state index in [1.807, 2.05) is 55.5 Å². The summed E-state index contributed by atoms with van der Waals surface area (Å²) in [6.07, 6.45) is 4.65. The normalized spacial score (nSPS) is 10.9. The highest BCUT2D eigenvalue weighted by atomic mass is 16.3. The van der Waals surface area contributed by atoms with E-state index < -0.39 is 0 Å². The summed E-state index contributed by atoms with van der Waals surface area (Å²) in [5, 5.41) is 2.89. The van der Waals surface area contributed by atoms with Gasteiger partial charge >= 0.3 is 0 Å². The molecule has 1 amide bonds. The lowest BCUT2D eigenvalue weighted by molar-refractivity contribution is -0.111. The number of amides is 1. The lowest BCUT2D eigenvalue weighted by Crippen LogP contribution is -2.23. The predicted octanol–water partition coefficient (Wildman–Crippen LogP) is 5.84. The molecule has 0 unspecified atom stereocenters. The standard InChI is InChI=1S/C27H25N3O2/c1-21-25(29-27(31)17-14-24-13-8-18-32-24)15-16-26(28-21)30(19-22-9-4-2-5-10-22)20-23-11-6-3-7-12-23/h2-18H,19-20H2,1H3,(H,29,31)/b17-14+. The zero-order valence-electron chi connectivity index (χ0n) is 17.9. The summed E-state index contributed by atoms with van der Waals surface area (Å²) in [7, 11) is 0. The van der Waals surface area contributed by atoms with Crippen LogP contribution in [0, 0.1) is 6.92 Å². The van der Waals surface area contributed by atoms with Gasteiger partial charge in [0.2, 0.25) is 5.91 Å². The number of carbonyl (C=O) groups is 1. The van der Waals surface area contributed by atoms with E-state index in [0.29, 0.717) is 11.4 Å². The largest absolute Gasteiger partial charge is 0.465 e. The average molecular weight is 424 g/mol. The van der Waals surface area contributed by atoms with E-state index in [2.05, 4.69) is 34.5 Å². The van der Waals surface area contributed by atoms with Crippen LogP contribution in [0.15, 0.2) is 102 Å². The van der Waals surface area contributed by atoms with Crippen molar-refractivity contribution in [2.45, 2.75) is 20.0 Å². The van der Waals surface area contributed by atoms with Crippen molar-refractivity contribution in [2.75, 3.05) is 10.2 Å². The second kappa shape index (κ2) is 10.3. The van der Waals surface area contributed by atoms with Gasteiger partial charge in [-0.1, -0.05) is 60.7 Å². The van der Waals surface area contributed by atoms with Gasteiger partial charge in [0, 0.05) is 19.2 Å². The minimum Gasteiger partial charge on any atom is -0.465 e. The van der Waals surface area contributed by atoms with Crippen LogP contribution < -0.4 is 10.2 Å². The number of furan rings is 1. The first-order valence-corrected chi connectivity index (χ1v) is 10.5. The Morgan fingerprint density at radius 3 is 2.12 bits per heavy atom. The first kappa shape index (κ1) is 21.1. The van der Waals surface area contributed by atoms with E-state index in [0.717, 1.165) is 24.6 Å². The summed E-state index contributed by atoms with van der Waals surface area (Å²) in [5.41, 5.74) is 3.86. The van der Waals surface area contributed by atoms with Gasteiger partial charge in [0.25, 0.3) is 0 Å². The highest BCUT2D eigenvalue weighted by Crippen LogP contribution is 2.22. The summed E-state index contributed by atoms with van der Waals surface area (Å²) in [6, 6.07) is 28.1. The van der Waals surface area contributed by atoms with Gasteiger partial charge in [0.05, 0.1) is 17.6 Å². The van der Waals surface area contributed by atoms with Gasteiger partial charge in [0.15, 0.2) is 0 Å². The lowest BCUT2D eigenvalue weighted by Gasteiger charge is -2.25. The van der Waals surface area contributed by atoms with Gasteiger partial charge in [-0.2, -0.15) is 0 Å². The third-order valence-corrected chi connectivity index (χ3v) is 5.03. The monoisotopic (exact) mass is 423 g/mol. The number of nitrogens with zero attached hydrogens (tertiary/aromatic N) is 2. The number of rotatable bonds is 8. The Bertz CT molecular complexity index is 1130. The number of hydrogen-bond acceptors (Lipinski definition) is 4. The summed E-state index contributed by atoms with van der Waals surface area (Å²) in [6.45, 7) is 3.37. The van der Waals surface area contributed by atoms with E-state index >= 15 is 0 Å². The molecule has 0 saturated carbocycles. The first-order valence-electron chi connectivity index (χ1n) is 10.5. The molecule has 2 heterocycles. The maximum absolute atomic E-state index is 12.3. The third kappa shape index (κ3) is 5.73. The molecule has 5 nitrogen and oxygen atoms in total. The van der Waals surface area contributed by atoms with Gasteiger partial charge in [-0.15, -0.1) is 0 Å². The maximum atomic E-state index is 12.3. The highest BCUT2D eigenvalue weighted by Gasteiger charge is 2.12. The van der Waals surface area contributed by atoms with Crippen LogP contribution in [0.2, 0.25) is 0 Å². The summed E-state index contributed by atoms with van der Waals surface area (Å²) in [5.74, 6) is 1.26. The quantitative estimate of drug-likeness (QED) is 0.362. The molecule has 5 heteroatoms. The van der Waals surface area contributed by atoms with Gasteiger partial charge in [-0.25, -0.2) is 4.98 Å². The number of nitrogens with one attached hydrogen (secondary N) is 1.